The van der Waals surface area contributed by atoms with Gasteiger partial charge in [0, 0.05) is 5.56 Å². The Morgan fingerprint density at radius 2 is 2.19 bits per heavy atom. The Bertz CT molecular complexity index is 441. The maximum absolute atomic E-state index is 9.99. The molecule has 0 radical (unpaired) electrons. The van der Waals surface area contributed by atoms with Crippen LogP contribution < -0.4 is 9.47 Å². The molecule has 1 rings (SSSR count). The van der Waals surface area contributed by atoms with E-state index >= 15 is 0 Å². The zero-order chi connectivity index (χ0) is 12.1. The highest BCUT2D eigenvalue weighted by Gasteiger charge is 2.17. The lowest BCUT2D eigenvalue weighted by Gasteiger charge is -2.12. The number of halogens is 1. The average Bonchev–Trinajstić information content (AvgIpc) is 2.30. The summed E-state index contributed by atoms with van der Waals surface area (Å²) in [6.07, 6.45) is 1.38. The first kappa shape index (κ1) is 12.4. The minimum Gasteiger partial charge on any atom is -0.506 e. The first-order valence-electron chi connectivity index (χ1n) is 4.31. The molecule has 0 bridgehead atoms. The van der Waals surface area contributed by atoms with Crippen molar-refractivity contribution < 1.29 is 19.4 Å². The fourth-order valence-corrected chi connectivity index (χ4v) is 1.52. The highest BCUT2D eigenvalue weighted by molar-refractivity contribution is 6.33. The van der Waals surface area contributed by atoms with Gasteiger partial charge in [0.05, 0.1) is 20.8 Å². The van der Waals surface area contributed by atoms with Crippen molar-refractivity contribution in [1.29, 1.82) is 0 Å². The summed E-state index contributed by atoms with van der Waals surface area (Å²) in [7, 11) is 2.85. The predicted molar refractivity (Wildman–Crippen MR) is 58.0 cm³/mol. The molecule has 0 saturated carbocycles. The third kappa shape index (κ3) is 2.27. The van der Waals surface area contributed by atoms with E-state index in [4.69, 9.17) is 21.1 Å². The van der Waals surface area contributed by atoms with E-state index in [1.165, 1.54) is 26.4 Å². The minimum atomic E-state index is -0.182. The Kier molecular flexibility index (Phi) is 4.17. The molecule has 0 aliphatic heterocycles. The van der Waals surface area contributed by atoms with Gasteiger partial charge in [-0.15, -0.1) is 0 Å². The standard InChI is InChI=1S/C10H10ClNO4/c1-15-7-3-6(4-12-5-13)9(14)8(11)10(7)16-2/h3,14H,4H2,1-2H3. The smallest absolute Gasteiger partial charge is 0.235 e. The van der Waals surface area contributed by atoms with Gasteiger partial charge >= 0.3 is 0 Å². The van der Waals surface area contributed by atoms with E-state index in [0.29, 0.717) is 11.3 Å². The van der Waals surface area contributed by atoms with E-state index in [-0.39, 0.29) is 23.1 Å². The van der Waals surface area contributed by atoms with Gasteiger partial charge in [0.15, 0.2) is 11.5 Å². The number of aromatic hydroxyl groups is 1. The topological polar surface area (TPSA) is 68.1 Å². The lowest BCUT2D eigenvalue weighted by molar-refractivity contribution is 0.350. The average molecular weight is 244 g/mol. The normalized spacial score (nSPS) is 9.44. The molecule has 0 unspecified atom stereocenters. The van der Waals surface area contributed by atoms with E-state index in [9.17, 15) is 9.90 Å². The first-order chi connectivity index (χ1) is 7.65. The molecule has 1 aromatic carbocycles. The van der Waals surface area contributed by atoms with Crippen LogP contribution in [0, 0.1) is 0 Å². The monoisotopic (exact) mass is 243 g/mol. The SMILES string of the molecule is COc1cc(CN=C=O)c(O)c(Cl)c1OC. The number of aliphatic imine (C=N–C) groups is 1. The lowest BCUT2D eigenvalue weighted by Crippen LogP contribution is -1.94. The molecule has 86 valence electrons. The van der Waals surface area contributed by atoms with E-state index in [2.05, 4.69) is 4.99 Å². The van der Waals surface area contributed by atoms with Crippen molar-refractivity contribution in [1.82, 2.24) is 0 Å². The molecule has 0 aliphatic rings. The Labute approximate surface area is 97.3 Å². The second kappa shape index (κ2) is 5.39. The Morgan fingerprint density at radius 1 is 1.50 bits per heavy atom. The Morgan fingerprint density at radius 3 is 2.69 bits per heavy atom. The number of phenolic OH excluding ortho intramolecular Hbond substituents is 1. The van der Waals surface area contributed by atoms with Gasteiger partial charge in [0.1, 0.15) is 10.8 Å². The molecule has 0 fully saturated rings. The molecule has 5 nitrogen and oxygen atoms in total. The summed E-state index contributed by atoms with van der Waals surface area (Å²) in [5.74, 6) is 0.417. The van der Waals surface area contributed by atoms with Crippen LogP contribution in [0.1, 0.15) is 5.56 Å². The van der Waals surface area contributed by atoms with Gasteiger partial charge < -0.3 is 14.6 Å². The van der Waals surface area contributed by atoms with Crippen LogP contribution in [0.3, 0.4) is 0 Å². The van der Waals surface area contributed by atoms with Gasteiger partial charge in [-0.2, -0.15) is 0 Å². The third-order valence-electron chi connectivity index (χ3n) is 1.98. The molecular formula is C10H10ClNO4. The predicted octanol–water partition coefficient (Wildman–Crippen LogP) is 1.90. The van der Waals surface area contributed by atoms with Crippen molar-refractivity contribution in [2.45, 2.75) is 6.54 Å². The van der Waals surface area contributed by atoms with Gasteiger partial charge in [0.25, 0.3) is 0 Å². The number of nitrogens with zero attached hydrogens (tertiary/aromatic N) is 1. The van der Waals surface area contributed by atoms with E-state index < -0.39 is 0 Å². The number of ether oxygens (including phenoxy) is 2. The summed E-state index contributed by atoms with van der Waals surface area (Å²) in [5, 5.41) is 9.72. The Balaban J connectivity index is 3.31. The number of phenols is 1. The zero-order valence-electron chi connectivity index (χ0n) is 8.78. The van der Waals surface area contributed by atoms with Crippen LogP contribution in [0.2, 0.25) is 5.02 Å². The van der Waals surface area contributed by atoms with Crippen LogP contribution in [0.15, 0.2) is 11.1 Å². The molecule has 0 atom stereocenters. The molecule has 0 aliphatic carbocycles. The summed E-state index contributed by atoms with van der Waals surface area (Å²) in [5.41, 5.74) is 0.367. The van der Waals surface area contributed by atoms with Crippen LogP contribution >= 0.6 is 11.6 Å². The summed E-state index contributed by atoms with van der Waals surface area (Å²) < 4.78 is 10.0. The third-order valence-corrected chi connectivity index (χ3v) is 2.33. The van der Waals surface area contributed by atoms with Gasteiger partial charge in [-0.3, -0.25) is 0 Å². The lowest BCUT2D eigenvalue weighted by atomic mass is 10.1. The van der Waals surface area contributed by atoms with Crippen molar-refractivity contribution >= 4 is 17.7 Å². The van der Waals surface area contributed by atoms with Gasteiger partial charge in [-0.05, 0) is 6.07 Å². The molecule has 0 heterocycles. The van der Waals surface area contributed by atoms with Crippen LogP contribution in [0.25, 0.3) is 0 Å². The fourth-order valence-electron chi connectivity index (χ4n) is 1.23. The van der Waals surface area contributed by atoms with Gasteiger partial charge in [-0.25, -0.2) is 9.79 Å². The van der Waals surface area contributed by atoms with Crippen molar-refractivity contribution in [2.75, 3.05) is 14.2 Å². The van der Waals surface area contributed by atoms with E-state index in [1.807, 2.05) is 0 Å². The van der Waals surface area contributed by atoms with Crippen LogP contribution in [0.5, 0.6) is 17.2 Å². The quantitative estimate of drug-likeness (QED) is 0.648. The highest BCUT2D eigenvalue weighted by Crippen LogP contribution is 2.43. The molecule has 6 heteroatoms. The first-order valence-corrected chi connectivity index (χ1v) is 4.69. The maximum Gasteiger partial charge on any atom is 0.235 e. The van der Waals surface area contributed by atoms with Crippen molar-refractivity contribution in [2.24, 2.45) is 4.99 Å². The zero-order valence-corrected chi connectivity index (χ0v) is 9.54. The number of carbonyl (C=O) groups excluding carboxylic acids is 1. The van der Waals surface area contributed by atoms with Gasteiger partial charge in [-0.1, -0.05) is 11.6 Å². The summed E-state index contributed by atoms with van der Waals surface area (Å²) in [6, 6.07) is 1.50. The second-order valence-corrected chi connectivity index (χ2v) is 3.22. The molecule has 0 aromatic heterocycles. The molecule has 16 heavy (non-hydrogen) atoms. The van der Waals surface area contributed by atoms with E-state index in [1.54, 1.807) is 0 Å². The molecule has 0 saturated heterocycles. The summed E-state index contributed by atoms with van der Waals surface area (Å²) in [6.45, 7) is -0.0184. The van der Waals surface area contributed by atoms with Crippen molar-refractivity contribution in [3.05, 3.63) is 16.7 Å². The second-order valence-electron chi connectivity index (χ2n) is 2.84. The number of hydrogen-bond acceptors (Lipinski definition) is 5. The number of hydrogen-bond donors (Lipinski definition) is 1. The number of benzene rings is 1. The number of isocyanates is 1. The van der Waals surface area contributed by atoms with Crippen LogP contribution in [-0.4, -0.2) is 25.4 Å². The summed E-state index contributed by atoms with van der Waals surface area (Å²) >= 11 is 5.87. The fraction of sp³-hybridized carbons (Fsp3) is 0.300. The molecule has 0 amide bonds. The molecule has 1 aromatic rings. The van der Waals surface area contributed by atoms with Crippen molar-refractivity contribution in [3.8, 4) is 17.2 Å². The Hall–Kier alpha value is -1.71. The minimum absolute atomic E-state index is 0.0184. The van der Waals surface area contributed by atoms with E-state index in [0.717, 1.165) is 0 Å². The van der Waals surface area contributed by atoms with Gasteiger partial charge in [0.2, 0.25) is 6.08 Å². The largest absolute Gasteiger partial charge is 0.506 e. The molecule has 0 spiro atoms. The number of rotatable bonds is 4. The van der Waals surface area contributed by atoms with Crippen LogP contribution in [0.4, 0.5) is 0 Å². The summed E-state index contributed by atoms with van der Waals surface area (Å²) in [4.78, 5) is 13.3. The molecule has 1 N–H and O–H groups in total. The maximum atomic E-state index is 9.99. The van der Waals surface area contributed by atoms with Crippen LogP contribution in [-0.2, 0) is 11.3 Å². The molecular weight excluding hydrogens is 234 g/mol. The van der Waals surface area contributed by atoms with Crippen molar-refractivity contribution in [3.63, 3.8) is 0 Å². The highest BCUT2D eigenvalue weighted by atomic mass is 35.5. The number of methoxy groups -OCH3 is 2.